The molecule has 0 radical (unpaired) electrons. The van der Waals surface area contributed by atoms with E-state index in [-0.39, 0.29) is 5.91 Å². The number of amides is 1. The Balaban J connectivity index is 1.84. The molecule has 1 aromatic heterocycles. The molecule has 0 aliphatic heterocycles. The van der Waals surface area contributed by atoms with Crippen LogP contribution < -0.4 is 5.73 Å². The van der Waals surface area contributed by atoms with Crippen LogP contribution in [0, 0.1) is 0 Å². The molecule has 2 aromatic rings. The molecule has 0 atom stereocenters. The van der Waals surface area contributed by atoms with Gasteiger partial charge in [-0.2, -0.15) is 0 Å². The third kappa shape index (κ3) is 3.16. The third-order valence-corrected chi connectivity index (χ3v) is 3.77. The van der Waals surface area contributed by atoms with E-state index < -0.39 is 0 Å². The summed E-state index contributed by atoms with van der Waals surface area (Å²) < 4.78 is 0. The molecule has 21 heavy (non-hydrogen) atoms. The molecule has 1 aromatic carbocycles. The summed E-state index contributed by atoms with van der Waals surface area (Å²) in [4.78, 5) is 23.4. The highest BCUT2D eigenvalue weighted by Gasteiger charge is 2.32. The molecule has 2 N–H and O–H groups in total. The van der Waals surface area contributed by atoms with Crippen molar-refractivity contribution >= 4 is 34.1 Å². The zero-order chi connectivity index (χ0) is 14.8. The van der Waals surface area contributed by atoms with Crippen LogP contribution in [0.5, 0.6) is 0 Å². The number of hydrogen-bond acceptors (Lipinski definition) is 4. The smallest absolute Gasteiger partial charge is 0.254 e. The van der Waals surface area contributed by atoms with Gasteiger partial charge in [-0.1, -0.05) is 12.2 Å². The first-order chi connectivity index (χ1) is 10.1. The summed E-state index contributed by atoms with van der Waals surface area (Å²) in [5.74, 6) is 0.0151. The standard InChI is InChI=1S/C15H16N4OS/c16-14(21)5-8-19(11-2-3-11)15(20)10-1-4-12-13(9-10)18-7-6-17-12/h1,4,6-7,9,11H,2-3,5,8H2,(H2,16,21). The number of carbonyl (C=O) groups is 1. The van der Waals surface area contributed by atoms with Crippen molar-refractivity contribution in [2.24, 2.45) is 5.73 Å². The van der Waals surface area contributed by atoms with Crippen LogP contribution in [0.3, 0.4) is 0 Å². The number of benzene rings is 1. The van der Waals surface area contributed by atoms with Gasteiger partial charge in [0.1, 0.15) is 0 Å². The Morgan fingerprint density at radius 1 is 1.29 bits per heavy atom. The van der Waals surface area contributed by atoms with Gasteiger partial charge >= 0.3 is 0 Å². The molecule has 1 heterocycles. The monoisotopic (exact) mass is 300 g/mol. The second-order valence-electron chi connectivity index (χ2n) is 5.21. The van der Waals surface area contributed by atoms with Crippen LogP contribution in [0.15, 0.2) is 30.6 Å². The second-order valence-corrected chi connectivity index (χ2v) is 5.73. The van der Waals surface area contributed by atoms with Crippen LogP contribution in [0.1, 0.15) is 29.6 Å². The number of hydrogen-bond donors (Lipinski definition) is 1. The fraction of sp³-hybridized carbons (Fsp3) is 0.333. The van der Waals surface area contributed by atoms with E-state index in [0.717, 1.165) is 23.9 Å². The van der Waals surface area contributed by atoms with Gasteiger partial charge in [0.05, 0.1) is 16.0 Å². The number of nitrogens with two attached hydrogens (primary N) is 1. The van der Waals surface area contributed by atoms with E-state index in [9.17, 15) is 4.79 Å². The Labute approximate surface area is 128 Å². The summed E-state index contributed by atoms with van der Waals surface area (Å²) in [6.45, 7) is 0.581. The molecule has 0 bridgehead atoms. The minimum absolute atomic E-state index is 0.0151. The number of carbonyl (C=O) groups excluding carboxylic acids is 1. The molecule has 0 spiro atoms. The predicted molar refractivity (Wildman–Crippen MR) is 85.0 cm³/mol. The molecule has 1 aliphatic carbocycles. The SMILES string of the molecule is NC(=S)CCN(C(=O)c1ccc2nccnc2c1)C1CC1. The van der Waals surface area contributed by atoms with Crippen molar-refractivity contribution in [3.8, 4) is 0 Å². The predicted octanol–water partition coefficient (Wildman–Crippen LogP) is 1.91. The highest BCUT2D eigenvalue weighted by atomic mass is 32.1. The maximum Gasteiger partial charge on any atom is 0.254 e. The lowest BCUT2D eigenvalue weighted by atomic mass is 10.1. The minimum Gasteiger partial charge on any atom is -0.393 e. The number of rotatable bonds is 5. The Morgan fingerprint density at radius 3 is 2.67 bits per heavy atom. The molecule has 5 nitrogen and oxygen atoms in total. The summed E-state index contributed by atoms with van der Waals surface area (Å²) in [5.41, 5.74) is 7.70. The zero-order valence-corrected chi connectivity index (χ0v) is 12.3. The van der Waals surface area contributed by atoms with E-state index in [1.54, 1.807) is 24.5 Å². The Bertz CT molecular complexity index is 699. The summed E-state index contributed by atoms with van der Waals surface area (Å²) in [6.07, 6.45) is 5.93. The van der Waals surface area contributed by atoms with Crippen LogP contribution in [0.4, 0.5) is 0 Å². The van der Waals surface area contributed by atoms with Crippen LogP contribution in [-0.4, -0.2) is 38.4 Å². The molecular formula is C15H16N4OS. The minimum atomic E-state index is 0.0151. The Morgan fingerprint density at radius 2 is 2.00 bits per heavy atom. The topological polar surface area (TPSA) is 72.1 Å². The van der Waals surface area contributed by atoms with Crippen molar-refractivity contribution in [3.63, 3.8) is 0 Å². The van der Waals surface area contributed by atoms with Crippen LogP contribution in [-0.2, 0) is 0 Å². The van der Waals surface area contributed by atoms with Crippen molar-refractivity contribution < 1.29 is 4.79 Å². The summed E-state index contributed by atoms with van der Waals surface area (Å²) in [7, 11) is 0. The van der Waals surface area contributed by atoms with E-state index in [4.69, 9.17) is 18.0 Å². The Hall–Kier alpha value is -2.08. The zero-order valence-electron chi connectivity index (χ0n) is 11.5. The van der Waals surface area contributed by atoms with Gasteiger partial charge in [-0.25, -0.2) is 0 Å². The number of thiocarbonyl (C=S) groups is 1. The van der Waals surface area contributed by atoms with Gasteiger partial charge in [0.15, 0.2) is 0 Å². The third-order valence-electron chi connectivity index (χ3n) is 3.56. The highest BCUT2D eigenvalue weighted by Crippen LogP contribution is 2.28. The molecule has 3 rings (SSSR count). The van der Waals surface area contributed by atoms with Gasteiger partial charge in [-0.05, 0) is 31.0 Å². The van der Waals surface area contributed by atoms with Gasteiger partial charge in [-0.3, -0.25) is 14.8 Å². The highest BCUT2D eigenvalue weighted by molar-refractivity contribution is 7.80. The fourth-order valence-corrected chi connectivity index (χ4v) is 2.42. The fourth-order valence-electron chi connectivity index (χ4n) is 2.33. The maximum absolute atomic E-state index is 12.7. The van der Waals surface area contributed by atoms with Crippen LogP contribution >= 0.6 is 12.2 Å². The molecule has 0 saturated heterocycles. The van der Waals surface area contributed by atoms with Crippen LogP contribution in [0.2, 0.25) is 0 Å². The first-order valence-electron chi connectivity index (χ1n) is 6.95. The van der Waals surface area contributed by atoms with E-state index >= 15 is 0 Å². The van der Waals surface area contributed by atoms with Gasteiger partial charge in [0.2, 0.25) is 0 Å². The quantitative estimate of drug-likeness (QED) is 0.854. The number of fused-ring (bicyclic) bond motifs is 1. The molecule has 108 valence electrons. The first-order valence-corrected chi connectivity index (χ1v) is 7.36. The Kier molecular flexibility index (Phi) is 3.79. The average molecular weight is 300 g/mol. The lowest BCUT2D eigenvalue weighted by Gasteiger charge is -2.22. The van der Waals surface area contributed by atoms with E-state index in [1.165, 1.54) is 0 Å². The average Bonchev–Trinajstić information content (AvgIpc) is 3.31. The van der Waals surface area contributed by atoms with E-state index in [2.05, 4.69) is 9.97 Å². The van der Waals surface area contributed by atoms with E-state index in [0.29, 0.717) is 29.6 Å². The molecule has 1 saturated carbocycles. The maximum atomic E-state index is 12.7. The number of aromatic nitrogens is 2. The first kappa shape index (κ1) is 13.9. The van der Waals surface area contributed by atoms with Gasteiger partial charge in [0, 0.05) is 37.0 Å². The largest absolute Gasteiger partial charge is 0.393 e. The van der Waals surface area contributed by atoms with Gasteiger partial charge in [0.25, 0.3) is 5.91 Å². The molecular weight excluding hydrogens is 284 g/mol. The van der Waals surface area contributed by atoms with Crippen molar-refractivity contribution in [1.82, 2.24) is 14.9 Å². The molecule has 6 heteroatoms. The van der Waals surface area contributed by atoms with Crippen LogP contribution in [0.25, 0.3) is 11.0 Å². The molecule has 1 fully saturated rings. The summed E-state index contributed by atoms with van der Waals surface area (Å²) in [5, 5.41) is 0. The lowest BCUT2D eigenvalue weighted by Crippen LogP contribution is -2.35. The van der Waals surface area contributed by atoms with Crippen molar-refractivity contribution in [2.75, 3.05) is 6.54 Å². The van der Waals surface area contributed by atoms with Gasteiger partial charge < -0.3 is 10.6 Å². The molecule has 1 amide bonds. The summed E-state index contributed by atoms with van der Waals surface area (Å²) >= 11 is 4.91. The van der Waals surface area contributed by atoms with Crippen molar-refractivity contribution in [1.29, 1.82) is 0 Å². The number of nitrogens with zero attached hydrogens (tertiary/aromatic N) is 3. The molecule has 1 aliphatic rings. The summed E-state index contributed by atoms with van der Waals surface area (Å²) in [6, 6.07) is 5.74. The van der Waals surface area contributed by atoms with Crippen molar-refractivity contribution in [3.05, 3.63) is 36.2 Å². The van der Waals surface area contributed by atoms with Gasteiger partial charge in [-0.15, -0.1) is 0 Å². The van der Waals surface area contributed by atoms with Crippen molar-refractivity contribution in [2.45, 2.75) is 25.3 Å². The second kappa shape index (κ2) is 5.73. The van der Waals surface area contributed by atoms with E-state index in [1.807, 2.05) is 11.0 Å². The molecule has 0 unspecified atom stereocenters. The normalized spacial score (nSPS) is 14.1. The lowest BCUT2D eigenvalue weighted by molar-refractivity contribution is 0.0748.